The molecule has 4 aromatic heterocycles. The summed E-state index contributed by atoms with van der Waals surface area (Å²) < 4.78 is 18.6. The first kappa shape index (κ1) is 59.5. The summed E-state index contributed by atoms with van der Waals surface area (Å²) in [6, 6.07) is 19.9. The summed E-state index contributed by atoms with van der Waals surface area (Å²) >= 11 is 0. The van der Waals surface area contributed by atoms with Crippen molar-refractivity contribution < 1.29 is 28.7 Å². The summed E-state index contributed by atoms with van der Waals surface area (Å²) in [6.07, 6.45) is 11.0. The highest BCUT2D eigenvalue weighted by Gasteiger charge is 2.53. The van der Waals surface area contributed by atoms with Gasteiger partial charge in [0, 0.05) is 65.5 Å². The Morgan fingerprint density at radius 3 is 1.95 bits per heavy atom. The number of benzene rings is 2. The molecule has 24 nitrogen and oxygen atoms in total. The molecule has 87 heavy (non-hydrogen) atoms. The third-order valence-corrected chi connectivity index (χ3v) is 18.3. The number of aliphatic hydroxyl groups excluding tert-OH is 1. The standard InChI is InChI=1S/C63H74N18O6/c1-35-10-9-12-42-44(56(84)77-51(35)42)20-22-68-59-70-31-37(27-64)52(78-59)73-39-15-17-50(62(4,5)26-39)87-57-45(29-66)54(80-60(81-57)69-23-19-43-41-11-7-8-13-46(41)75-55(43)83)74-40-14-16-49(61(2,3)25-40)85-34-63(6)47(24-48(63)82)76-53-38(28-65)32-71-58(79-53)67-21-18-36-30-72-86-33-36/h7-13,30-33,39-40,43-44,47-50,82H,14-26,34H2,1-6H3,(H,75,83)(H,77,84)(H2,67,71,76,79)(H2,68,70,73,78)(H2,69,74,80,81)/t39-,40-,43?,44?,47-,48+,49+,50+,63?/m1/s1. The van der Waals surface area contributed by atoms with Crippen LogP contribution in [-0.4, -0.2) is 115 Å². The molecular formula is C63H74N18O6. The normalized spacial score (nSPS) is 24.7. The van der Waals surface area contributed by atoms with Gasteiger partial charge in [0.05, 0.1) is 49.2 Å². The van der Waals surface area contributed by atoms with Gasteiger partial charge in [0.2, 0.25) is 35.5 Å². The topological polar surface area (TPSA) is 344 Å². The van der Waals surface area contributed by atoms with E-state index in [-0.39, 0.29) is 89.0 Å². The second-order valence-corrected chi connectivity index (χ2v) is 25.3. The van der Waals surface area contributed by atoms with Gasteiger partial charge in [0.1, 0.15) is 53.3 Å². The molecule has 452 valence electrons. The number of carbonyl (C=O) groups excluding carboxylic acids is 2. The molecule has 2 aliphatic heterocycles. The molecule has 3 fully saturated rings. The minimum absolute atomic E-state index is 0.0340. The molecule has 0 spiro atoms. The zero-order chi connectivity index (χ0) is 61.0. The Morgan fingerprint density at radius 2 is 1.30 bits per heavy atom. The summed E-state index contributed by atoms with van der Waals surface area (Å²) in [6.45, 7) is 14.1. The van der Waals surface area contributed by atoms with E-state index >= 15 is 0 Å². The molecular weight excluding hydrogens is 1100 g/mol. The quantitative estimate of drug-likeness (QED) is 0.0289. The molecule has 24 heteroatoms. The fourth-order valence-electron chi connectivity index (χ4n) is 13.0. The first-order valence-corrected chi connectivity index (χ1v) is 29.9. The zero-order valence-corrected chi connectivity index (χ0v) is 49.8. The van der Waals surface area contributed by atoms with Crippen molar-refractivity contribution in [2.24, 2.45) is 16.2 Å². The number of ether oxygens (including phenoxy) is 2. The van der Waals surface area contributed by atoms with Crippen LogP contribution in [0.25, 0.3) is 0 Å². The molecule has 2 aromatic carbocycles. The maximum atomic E-state index is 13.1. The molecule has 3 saturated carbocycles. The molecule has 2 amide bonds. The number of hydrogen-bond donors (Lipinski definition) is 9. The first-order valence-electron chi connectivity index (χ1n) is 29.9. The van der Waals surface area contributed by atoms with Gasteiger partial charge >= 0.3 is 0 Å². The number of rotatable bonds is 23. The monoisotopic (exact) mass is 1180 g/mol. The van der Waals surface area contributed by atoms with Crippen molar-refractivity contribution in [3.05, 3.63) is 106 Å². The van der Waals surface area contributed by atoms with Crippen molar-refractivity contribution in [1.29, 1.82) is 15.8 Å². The Labute approximate surface area is 505 Å². The summed E-state index contributed by atoms with van der Waals surface area (Å²) in [5.74, 6) is 1.46. The molecule has 3 aliphatic carbocycles. The number of aromatic nitrogens is 7. The minimum atomic E-state index is -0.687. The Morgan fingerprint density at radius 1 is 0.690 bits per heavy atom. The van der Waals surface area contributed by atoms with Gasteiger partial charge in [0.15, 0.2) is 11.4 Å². The highest BCUT2D eigenvalue weighted by molar-refractivity contribution is 6.04. The van der Waals surface area contributed by atoms with E-state index in [0.717, 1.165) is 33.6 Å². The van der Waals surface area contributed by atoms with Gasteiger partial charge in [-0.2, -0.15) is 35.7 Å². The van der Waals surface area contributed by atoms with E-state index in [1.54, 1.807) is 12.5 Å². The molecule has 9 N–H and O–H groups in total. The third kappa shape index (κ3) is 12.9. The Kier molecular flexibility index (Phi) is 17.1. The summed E-state index contributed by atoms with van der Waals surface area (Å²) in [5.41, 5.74) is 4.81. The van der Waals surface area contributed by atoms with Crippen molar-refractivity contribution in [3.8, 4) is 24.1 Å². The van der Waals surface area contributed by atoms with Crippen molar-refractivity contribution in [1.82, 2.24) is 35.1 Å². The van der Waals surface area contributed by atoms with E-state index in [0.29, 0.717) is 119 Å². The number of nitriles is 3. The van der Waals surface area contributed by atoms with Gasteiger partial charge in [-0.15, -0.1) is 0 Å². The number of carbonyl (C=O) groups is 2. The van der Waals surface area contributed by atoms with E-state index in [4.69, 9.17) is 28.9 Å². The van der Waals surface area contributed by atoms with Crippen LogP contribution in [0.15, 0.2) is 71.8 Å². The summed E-state index contributed by atoms with van der Waals surface area (Å²) in [5, 5.41) is 72.5. The molecule has 0 saturated heterocycles. The highest BCUT2D eigenvalue weighted by atomic mass is 16.5. The third-order valence-electron chi connectivity index (χ3n) is 18.3. The fourth-order valence-corrected chi connectivity index (χ4v) is 13.0. The Bertz CT molecular complexity index is 3650. The highest BCUT2D eigenvalue weighted by Crippen LogP contribution is 2.47. The largest absolute Gasteiger partial charge is 0.473 e. The SMILES string of the molecule is Cc1cccc2c1NC(=O)C2CCNc1ncc(C#N)c(N[C@@H]2CC[C@H](Oc3nc(NCCC4C(=O)Nc5ccccc54)nc(N[C@@H]4CC[C@H](OCC5(C)[C@@H](O)C[C@H]5Nc5nc(NCCc6cnoc6)ncc5C#N)C(C)(C)C4)c3C#N)C(C)(C)C2)n1. The minimum Gasteiger partial charge on any atom is -0.473 e. The number of nitrogens with one attached hydrogen (secondary N) is 8. The van der Waals surface area contributed by atoms with E-state index in [1.807, 2.05) is 56.3 Å². The smallest absolute Gasteiger partial charge is 0.239 e. The van der Waals surface area contributed by atoms with Gasteiger partial charge in [-0.3, -0.25) is 9.59 Å². The molecule has 5 aliphatic rings. The Balaban J connectivity index is 0.746. The Hall–Kier alpha value is -9.18. The lowest BCUT2D eigenvalue weighted by Crippen LogP contribution is -2.62. The number of anilines is 8. The molecule has 3 unspecified atom stereocenters. The van der Waals surface area contributed by atoms with Gasteiger partial charge in [-0.25, -0.2) is 9.97 Å². The molecule has 9 atom stereocenters. The molecule has 11 rings (SSSR count). The number of fused-ring (bicyclic) bond motifs is 2. The van der Waals surface area contributed by atoms with Crippen molar-refractivity contribution in [2.45, 2.75) is 154 Å². The van der Waals surface area contributed by atoms with E-state index < -0.39 is 16.9 Å². The number of amides is 2. The van der Waals surface area contributed by atoms with Crippen LogP contribution < -0.4 is 47.3 Å². The molecule has 0 radical (unpaired) electrons. The van der Waals surface area contributed by atoms with Crippen molar-refractivity contribution >= 4 is 58.5 Å². The van der Waals surface area contributed by atoms with Gasteiger partial charge in [-0.05, 0) is 99.3 Å². The average molecular weight is 1180 g/mol. The number of aryl methyl sites for hydroxylation is 1. The van der Waals surface area contributed by atoms with Crippen LogP contribution in [0, 0.1) is 57.2 Å². The van der Waals surface area contributed by atoms with Crippen LogP contribution in [0.5, 0.6) is 5.88 Å². The average Bonchev–Trinajstić information content (AvgIpc) is 3.16. The van der Waals surface area contributed by atoms with E-state index in [9.17, 15) is 30.5 Å². The lowest BCUT2D eigenvalue weighted by molar-refractivity contribution is -0.149. The second kappa shape index (κ2) is 25.0. The van der Waals surface area contributed by atoms with Crippen molar-refractivity contribution in [3.63, 3.8) is 0 Å². The number of nitrogens with zero attached hydrogens (tertiary/aromatic N) is 10. The van der Waals surface area contributed by atoms with Gasteiger partial charge in [0.25, 0.3) is 0 Å². The van der Waals surface area contributed by atoms with E-state index in [2.05, 4.69) is 109 Å². The van der Waals surface area contributed by atoms with Crippen LogP contribution in [0.1, 0.15) is 143 Å². The lowest BCUT2D eigenvalue weighted by atomic mass is 9.63. The molecule has 6 heterocycles. The number of aliphatic hydroxyl groups is 1. The molecule has 0 bridgehead atoms. The second-order valence-electron chi connectivity index (χ2n) is 25.3. The van der Waals surface area contributed by atoms with Gasteiger partial charge < -0.3 is 61.6 Å². The van der Waals surface area contributed by atoms with Crippen LogP contribution in [0.4, 0.5) is 46.7 Å². The fraction of sp³-hybridized carbons (Fsp3) is 0.492. The van der Waals surface area contributed by atoms with Crippen LogP contribution in [-0.2, 0) is 20.7 Å². The van der Waals surface area contributed by atoms with Crippen molar-refractivity contribution in [2.75, 3.05) is 68.8 Å². The molecule has 6 aromatic rings. The first-order chi connectivity index (χ1) is 41.9. The maximum Gasteiger partial charge on any atom is 0.239 e. The van der Waals surface area contributed by atoms with Crippen LogP contribution in [0.3, 0.4) is 0 Å². The van der Waals surface area contributed by atoms with Crippen LogP contribution in [0.2, 0.25) is 0 Å². The predicted octanol–water partition coefficient (Wildman–Crippen LogP) is 8.76. The number of para-hydroxylation sites is 2. The zero-order valence-electron chi connectivity index (χ0n) is 49.8. The van der Waals surface area contributed by atoms with Crippen LogP contribution >= 0.6 is 0 Å². The number of hydrogen-bond acceptors (Lipinski definition) is 22. The summed E-state index contributed by atoms with van der Waals surface area (Å²) in [7, 11) is 0. The maximum absolute atomic E-state index is 13.1. The summed E-state index contributed by atoms with van der Waals surface area (Å²) in [4.78, 5) is 53.9. The lowest BCUT2D eigenvalue weighted by Gasteiger charge is -2.53. The van der Waals surface area contributed by atoms with E-state index in [1.165, 1.54) is 12.4 Å². The van der Waals surface area contributed by atoms with Gasteiger partial charge in [-0.1, -0.05) is 76.2 Å². The predicted molar refractivity (Wildman–Crippen MR) is 326 cm³/mol.